The van der Waals surface area contributed by atoms with Gasteiger partial charge in [-0.1, -0.05) is 6.92 Å². The van der Waals surface area contributed by atoms with E-state index in [2.05, 4.69) is 32.8 Å². The van der Waals surface area contributed by atoms with Gasteiger partial charge in [0.1, 0.15) is 6.33 Å². The monoisotopic (exact) mass is 267 g/mol. The SMILES string of the molecule is CCCNc1ncnc(NCCNC(C)=O)c1OC. The number of nitrogens with one attached hydrogen (secondary N) is 3. The molecule has 0 saturated carbocycles. The van der Waals surface area contributed by atoms with Gasteiger partial charge in [0.05, 0.1) is 7.11 Å². The Hall–Kier alpha value is -2.05. The molecule has 0 fully saturated rings. The number of rotatable bonds is 8. The molecule has 106 valence electrons. The molecule has 0 radical (unpaired) electrons. The first kappa shape index (κ1) is 15.0. The Balaban J connectivity index is 2.63. The molecule has 0 aliphatic heterocycles. The van der Waals surface area contributed by atoms with Crippen LogP contribution in [0.4, 0.5) is 11.6 Å². The molecule has 1 aromatic heterocycles. The third-order valence-corrected chi connectivity index (χ3v) is 2.34. The van der Waals surface area contributed by atoms with E-state index in [9.17, 15) is 4.79 Å². The van der Waals surface area contributed by atoms with Crippen LogP contribution in [0.5, 0.6) is 5.75 Å². The lowest BCUT2D eigenvalue weighted by atomic mass is 10.4. The second kappa shape index (κ2) is 8.12. The summed E-state index contributed by atoms with van der Waals surface area (Å²) in [4.78, 5) is 19.0. The molecule has 0 bridgehead atoms. The Labute approximate surface area is 113 Å². The molecular weight excluding hydrogens is 246 g/mol. The summed E-state index contributed by atoms with van der Waals surface area (Å²) in [5.74, 6) is 1.81. The number of aromatic nitrogens is 2. The van der Waals surface area contributed by atoms with E-state index >= 15 is 0 Å². The molecule has 0 aliphatic rings. The molecule has 0 aliphatic carbocycles. The lowest BCUT2D eigenvalue weighted by Gasteiger charge is -2.13. The fraction of sp³-hybridized carbons (Fsp3) is 0.583. The van der Waals surface area contributed by atoms with Crippen LogP contribution in [-0.4, -0.2) is 42.6 Å². The van der Waals surface area contributed by atoms with E-state index in [0.29, 0.717) is 30.5 Å². The molecule has 1 heterocycles. The third kappa shape index (κ3) is 4.99. The fourth-order valence-corrected chi connectivity index (χ4v) is 1.48. The fourth-order valence-electron chi connectivity index (χ4n) is 1.48. The highest BCUT2D eigenvalue weighted by atomic mass is 16.5. The van der Waals surface area contributed by atoms with Gasteiger partial charge in [-0.05, 0) is 6.42 Å². The number of nitrogens with zero attached hydrogens (tertiary/aromatic N) is 2. The maximum absolute atomic E-state index is 10.8. The number of hydrogen-bond acceptors (Lipinski definition) is 6. The molecule has 19 heavy (non-hydrogen) atoms. The minimum absolute atomic E-state index is 0.0539. The van der Waals surface area contributed by atoms with Gasteiger partial charge in [-0.15, -0.1) is 0 Å². The van der Waals surface area contributed by atoms with Gasteiger partial charge < -0.3 is 20.7 Å². The van der Waals surface area contributed by atoms with Gasteiger partial charge in [-0.2, -0.15) is 0 Å². The van der Waals surface area contributed by atoms with Crippen molar-refractivity contribution in [2.45, 2.75) is 20.3 Å². The maximum atomic E-state index is 10.8. The summed E-state index contributed by atoms with van der Waals surface area (Å²) in [7, 11) is 1.58. The molecule has 0 saturated heterocycles. The van der Waals surface area contributed by atoms with E-state index in [0.717, 1.165) is 13.0 Å². The van der Waals surface area contributed by atoms with Gasteiger partial charge in [0.15, 0.2) is 11.6 Å². The first-order chi connectivity index (χ1) is 9.19. The Kier molecular flexibility index (Phi) is 6.42. The van der Waals surface area contributed by atoms with E-state index in [1.165, 1.54) is 13.3 Å². The molecular formula is C12H21N5O2. The minimum Gasteiger partial charge on any atom is -0.490 e. The average molecular weight is 267 g/mol. The van der Waals surface area contributed by atoms with Crippen molar-refractivity contribution in [3.8, 4) is 5.75 Å². The largest absolute Gasteiger partial charge is 0.490 e. The van der Waals surface area contributed by atoms with Gasteiger partial charge in [-0.25, -0.2) is 9.97 Å². The predicted molar refractivity (Wildman–Crippen MR) is 74.5 cm³/mol. The summed E-state index contributed by atoms with van der Waals surface area (Å²) in [6.45, 7) is 5.48. The topological polar surface area (TPSA) is 88.2 Å². The summed E-state index contributed by atoms with van der Waals surface area (Å²) in [6, 6.07) is 0. The standard InChI is InChI=1S/C12H21N5O2/c1-4-5-14-11-10(19-3)12(17-8-16-11)15-7-6-13-9(2)18/h8H,4-7H2,1-3H3,(H,13,18)(H2,14,15,16,17). The van der Waals surface area contributed by atoms with Crippen LogP contribution in [0.3, 0.4) is 0 Å². The predicted octanol–water partition coefficient (Wildman–Crippen LogP) is 0.855. The molecule has 1 amide bonds. The third-order valence-electron chi connectivity index (χ3n) is 2.34. The second-order valence-corrected chi connectivity index (χ2v) is 3.94. The Morgan fingerprint density at radius 3 is 2.37 bits per heavy atom. The van der Waals surface area contributed by atoms with Crippen molar-refractivity contribution >= 4 is 17.5 Å². The first-order valence-electron chi connectivity index (χ1n) is 6.30. The van der Waals surface area contributed by atoms with Crippen LogP contribution in [-0.2, 0) is 4.79 Å². The van der Waals surface area contributed by atoms with Gasteiger partial charge in [0.25, 0.3) is 0 Å². The van der Waals surface area contributed by atoms with Gasteiger partial charge >= 0.3 is 0 Å². The van der Waals surface area contributed by atoms with E-state index in [1.807, 2.05) is 0 Å². The van der Waals surface area contributed by atoms with E-state index in [-0.39, 0.29) is 5.91 Å². The lowest BCUT2D eigenvalue weighted by Crippen LogP contribution is -2.26. The minimum atomic E-state index is -0.0539. The number of methoxy groups -OCH3 is 1. The number of hydrogen-bond donors (Lipinski definition) is 3. The van der Waals surface area contributed by atoms with Crippen molar-refractivity contribution in [1.29, 1.82) is 0 Å². The van der Waals surface area contributed by atoms with Crippen LogP contribution < -0.4 is 20.7 Å². The van der Waals surface area contributed by atoms with Crippen LogP contribution in [0.15, 0.2) is 6.33 Å². The molecule has 0 unspecified atom stereocenters. The Morgan fingerprint density at radius 2 is 1.84 bits per heavy atom. The molecule has 0 atom stereocenters. The quantitative estimate of drug-likeness (QED) is 0.605. The number of carbonyl (C=O) groups is 1. The van der Waals surface area contributed by atoms with Crippen molar-refractivity contribution in [3.63, 3.8) is 0 Å². The van der Waals surface area contributed by atoms with Crippen LogP contribution in [0.25, 0.3) is 0 Å². The average Bonchev–Trinajstić information content (AvgIpc) is 2.41. The van der Waals surface area contributed by atoms with Crippen molar-refractivity contribution < 1.29 is 9.53 Å². The number of carbonyl (C=O) groups excluding carboxylic acids is 1. The molecule has 1 aromatic rings. The lowest BCUT2D eigenvalue weighted by molar-refractivity contribution is -0.118. The van der Waals surface area contributed by atoms with Crippen LogP contribution >= 0.6 is 0 Å². The van der Waals surface area contributed by atoms with E-state index in [4.69, 9.17) is 4.74 Å². The van der Waals surface area contributed by atoms with Gasteiger partial charge in [0, 0.05) is 26.6 Å². The number of anilines is 2. The summed E-state index contributed by atoms with van der Waals surface area (Å²) >= 11 is 0. The summed E-state index contributed by atoms with van der Waals surface area (Å²) < 4.78 is 5.31. The summed E-state index contributed by atoms with van der Waals surface area (Å²) in [5.41, 5.74) is 0. The number of ether oxygens (including phenoxy) is 1. The molecule has 1 rings (SSSR count). The van der Waals surface area contributed by atoms with Crippen LogP contribution in [0.1, 0.15) is 20.3 Å². The Bertz CT molecular complexity index is 411. The highest BCUT2D eigenvalue weighted by Gasteiger charge is 2.10. The van der Waals surface area contributed by atoms with Crippen molar-refractivity contribution in [2.24, 2.45) is 0 Å². The van der Waals surface area contributed by atoms with Gasteiger partial charge in [0.2, 0.25) is 11.7 Å². The normalized spacial score (nSPS) is 9.84. The van der Waals surface area contributed by atoms with Crippen molar-refractivity contribution in [2.75, 3.05) is 37.4 Å². The number of amides is 1. The maximum Gasteiger partial charge on any atom is 0.216 e. The van der Waals surface area contributed by atoms with Gasteiger partial charge in [-0.3, -0.25) is 4.79 Å². The molecule has 3 N–H and O–H groups in total. The van der Waals surface area contributed by atoms with Crippen molar-refractivity contribution in [1.82, 2.24) is 15.3 Å². The zero-order valence-electron chi connectivity index (χ0n) is 11.6. The summed E-state index contributed by atoms with van der Waals surface area (Å²) in [6.07, 6.45) is 2.47. The van der Waals surface area contributed by atoms with Crippen LogP contribution in [0.2, 0.25) is 0 Å². The smallest absolute Gasteiger partial charge is 0.216 e. The Morgan fingerprint density at radius 1 is 1.21 bits per heavy atom. The second-order valence-electron chi connectivity index (χ2n) is 3.94. The van der Waals surface area contributed by atoms with Crippen molar-refractivity contribution in [3.05, 3.63) is 6.33 Å². The first-order valence-corrected chi connectivity index (χ1v) is 6.30. The zero-order chi connectivity index (χ0) is 14.1. The molecule has 7 heteroatoms. The van der Waals surface area contributed by atoms with E-state index in [1.54, 1.807) is 7.11 Å². The highest BCUT2D eigenvalue weighted by Crippen LogP contribution is 2.28. The summed E-state index contributed by atoms with van der Waals surface area (Å²) in [5, 5.41) is 8.98. The van der Waals surface area contributed by atoms with Crippen LogP contribution in [0, 0.1) is 0 Å². The van der Waals surface area contributed by atoms with E-state index < -0.39 is 0 Å². The zero-order valence-corrected chi connectivity index (χ0v) is 11.6. The highest BCUT2D eigenvalue weighted by molar-refractivity contribution is 5.72. The molecule has 7 nitrogen and oxygen atoms in total. The molecule has 0 aromatic carbocycles. The molecule has 0 spiro atoms.